The quantitative estimate of drug-likeness (QED) is 0.398. The smallest absolute Gasteiger partial charge is 0.333 e. The molecular weight excluding hydrogens is 296 g/mol. The van der Waals surface area contributed by atoms with Gasteiger partial charge in [-0.2, -0.15) is 0 Å². The van der Waals surface area contributed by atoms with Crippen molar-refractivity contribution in [3.8, 4) is 5.75 Å². The van der Waals surface area contributed by atoms with Crippen LogP contribution in [0, 0.1) is 0 Å². The summed E-state index contributed by atoms with van der Waals surface area (Å²) in [5, 5.41) is 0. The molecule has 124 valence electrons. The van der Waals surface area contributed by atoms with Gasteiger partial charge >= 0.3 is 11.9 Å². The second kappa shape index (κ2) is 10.2. The number of esters is 2. The van der Waals surface area contributed by atoms with Gasteiger partial charge in [-0.15, -0.1) is 0 Å². The first-order valence-corrected chi connectivity index (χ1v) is 7.34. The number of unbranched alkanes of at least 4 members (excludes halogenated alkanes) is 1. The maximum Gasteiger partial charge on any atom is 0.333 e. The van der Waals surface area contributed by atoms with E-state index in [1.807, 2.05) is 24.3 Å². The molecule has 5 heteroatoms. The van der Waals surface area contributed by atoms with Gasteiger partial charge in [-0.1, -0.05) is 18.7 Å². The predicted octanol–water partition coefficient (Wildman–Crippen LogP) is 3.15. The van der Waals surface area contributed by atoms with E-state index in [2.05, 4.69) is 11.3 Å². The van der Waals surface area contributed by atoms with E-state index < -0.39 is 5.97 Å². The monoisotopic (exact) mass is 318 g/mol. The second-order valence-electron chi connectivity index (χ2n) is 4.90. The first-order valence-electron chi connectivity index (χ1n) is 7.34. The minimum atomic E-state index is -0.391. The molecule has 1 rings (SSSR count). The summed E-state index contributed by atoms with van der Waals surface area (Å²) in [5.74, 6) is -0.00154. The van der Waals surface area contributed by atoms with Gasteiger partial charge in [0.25, 0.3) is 0 Å². The Morgan fingerprint density at radius 3 is 2.39 bits per heavy atom. The molecule has 0 aliphatic heterocycles. The van der Waals surface area contributed by atoms with Crippen molar-refractivity contribution in [2.75, 3.05) is 20.3 Å². The maximum absolute atomic E-state index is 11.2. The van der Waals surface area contributed by atoms with E-state index in [-0.39, 0.29) is 5.97 Å². The molecule has 0 spiro atoms. The topological polar surface area (TPSA) is 61.8 Å². The van der Waals surface area contributed by atoms with E-state index >= 15 is 0 Å². The van der Waals surface area contributed by atoms with E-state index in [1.165, 1.54) is 13.2 Å². The zero-order valence-corrected chi connectivity index (χ0v) is 13.5. The zero-order chi connectivity index (χ0) is 17.1. The summed E-state index contributed by atoms with van der Waals surface area (Å²) < 4.78 is 15.1. The largest absolute Gasteiger partial charge is 0.494 e. The van der Waals surface area contributed by atoms with Crippen LogP contribution in [-0.4, -0.2) is 32.3 Å². The minimum Gasteiger partial charge on any atom is -0.494 e. The Bertz CT molecular complexity index is 557. The van der Waals surface area contributed by atoms with Gasteiger partial charge in [0.05, 0.1) is 20.3 Å². The van der Waals surface area contributed by atoms with E-state index in [9.17, 15) is 9.59 Å². The molecule has 0 saturated heterocycles. The molecule has 0 radical (unpaired) electrons. The van der Waals surface area contributed by atoms with Gasteiger partial charge in [-0.05, 0) is 43.5 Å². The number of benzene rings is 1. The summed E-state index contributed by atoms with van der Waals surface area (Å²) in [5.41, 5.74) is 1.29. The lowest BCUT2D eigenvalue weighted by Crippen LogP contribution is -2.07. The average Bonchev–Trinajstić information content (AvgIpc) is 2.56. The van der Waals surface area contributed by atoms with Gasteiger partial charge in [0.1, 0.15) is 5.75 Å². The van der Waals surface area contributed by atoms with Gasteiger partial charge in [-0.3, -0.25) is 0 Å². The molecule has 0 bridgehead atoms. The van der Waals surface area contributed by atoms with Gasteiger partial charge in [0.15, 0.2) is 0 Å². The number of rotatable bonds is 9. The number of hydrogen-bond donors (Lipinski definition) is 0. The normalized spacial score (nSPS) is 10.3. The summed E-state index contributed by atoms with van der Waals surface area (Å²) in [4.78, 5) is 22.1. The van der Waals surface area contributed by atoms with Crippen molar-refractivity contribution in [1.82, 2.24) is 0 Å². The van der Waals surface area contributed by atoms with Crippen molar-refractivity contribution < 1.29 is 23.8 Å². The number of ether oxygens (including phenoxy) is 3. The standard InChI is InChI=1S/C18H22O5/c1-14(2)18(20)23-13-5-4-12-22-16-9-6-15(7-10-16)8-11-17(19)21-3/h6-11H,1,4-5,12-13H2,2-3H3. The average molecular weight is 318 g/mol. The summed E-state index contributed by atoms with van der Waals surface area (Å²) in [6.45, 7) is 6.05. The molecule has 5 nitrogen and oxygen atoms in total. The van der Waals surface area contributed by atoms with E-state index in [0.29, 0.717) is 18.8 Å². The van der Waals surface area contributed by atoms with Crippen LogP contribution in [0.3, 0.4) is 0 Å². The molecule has 0 N–H and O–H groups in total. The molecule has 23 heavy (non-hydrogen) atoms. The van der Waals surface area contributed by atoms with Crippen LogP contribution < -0.4 is 4.74 Å². The molecule has 0 aliphatic rings. The fraction of sp³-hybridized carbons (Fsp3) is 0.333. The van der Waals surface area contributed by atoms with Crippen molar-refractivity contribution in [1.29, 1.82) is 0 Å². The van der Waals surface area contributed by atoms with Crippen molar-refractivity contribution in [3.63, 3.8) is 0 Å². The van der Waals surface area contributed by atoms with Crippen LogP contribution in [0.5, 0.6) is 5.75 Å². The van der Waals surface area contributed by atoms with Crippen LogP contribution >= 0.6 is 0 Å². The molecule has 1 aromatic carbocycles. The third-order valence-electron chi connectivity index (χ3n) is 2.88. The number of carbonyl (C=O) groups is 2. The van der Waals surface area contributed by atoms with Crippen LogP contribution in [0.2, 0.25) is 0 Å². The van der Waals surface area contributed by atoms with Crippen LogP contribution in [0.15, 0.2) is 42.5 Å². The first kappa shape index (κ1) is 18.5. The Morgan fingerprint density at radius 1 is 1.13 bits per heavy atom. The molecule has 0 fully saturated rings. The molecule has 0 amide bonds. The highest BCUT2D eigenvalue weighted by Gasteiger charge is 2.02. The number of carbonyl (C=O) groups excluding carboxylic acids is 2. The minimum absolute atomic E-state index is 0.360. The lowest BCUT2D eigenvalue weighted by Gasteiger charge is -2.07. The van der Waals surface area contributed by atoms with E-state index in [4.69, 9.17) is 9.47 Å². The fourth-order valence-electron chi connectivity index (χ4n) is 1.59. The molecule has 1 aromatic rings. The fourth-order valence-corrected chi connectivity index (χ4v) is 1.59. The first-order chi connectivity index (χ1) is 11.0. The van der Waals surface area contributed by atoms with Crippen LogP contribution in [0.1, 0.15) is 25.3 Å². The highest BCUT2D eigenvalue weighted by atomic mass is 16.5. The maximum atomic E-state index is 11.2. The highest BCUT2D eigenvalue weighted by molar-refractivity contribution is 5.87. The van der Waals surface area contributed by atoms with Gasteiger partial charge in [-0.25, -0.2) is 9.59 Å². The molecule has 0 aromatic heterocycles. The Morgan fingerprint density at radius 2 is 1.78 bits per heavy atom. The Balaban J connectivity index is 2.23. The lowest BCUT2D eigenvalue weighted by molar-refractivity contribution is -0.139. The molecule has 0 aliphatic carbocycles. The summed E-state index contributed by atoms with van der Waals surface area (Å²) in [7, 11) is 1.34. The lowest BCUT2D eigenvalue weighted by atomic mass is 10.2. The van der Waals surface area contributed by atoms with Crippen molar-refractivity contribution >= 4 is 18.0 Å². The number of methoxy groups -OCH3 is 1. The highest BCUT2D eigenvalue weighted by Crippen LogP contribution is 2.13. The summed E-state index contributed by atoms with van der Waals surface area (Å²) in [6, 6.07) is 7.36. The van der Waals surface area contributed by atoms with Crippen molar-refractivity contribution in [2.24, 2.45) is 0 Å². The summed E-state index contributed by atoms with van der Waals surface area (Å²) >= 11 is 0. The van der Waals surface area contributed by atoms with E-state index in [1.54, 1.807) is 13.0 Å². The van der Waals surface area contributed by atoms with Gasteiger partial charge < -0.3 is 14.2 Å². The van der Waals surface area contributed by atoms with Gasteiger partial charge in [0, 0.05) is 11.6 Å². The van der Waals surface area contributed by atoms with Crippen molar-refractivity contribution in [2.45, 2.75) is 19.8 Å². The molecule has 0 unspecified atom stereocenters. The SMILES string of the molecule is C=C(C)C(=O)OCCCCOc1ccc(C=CC(=O)OC)cc1. The van der Waals surface area contributed by atoms with Crippen molar-refractivity contribution in [3.05, 3.63) is 48.1 Å². The molecule has 0 atom stereocenters. The van der Waals surface area contributed by atoms with Crippen LogP contribution in [-0.2, 0) is 19.1 Å². The van der Waals surface area contributed by atoms with E-state index in [0.717, 1.165) is 24.2 Å². The predicted molar refractivity (Wildman–Crippen MR) is 88.0 cm³/mol. The Kier molecular flexibility index (Phi) is 8.21. The number of hydrogen-bond acceptors (Lipinski definition) is 5. The Hall–Kier alpha value is -2.56. The Labute approximate surface area is 136 Å². The second-order valence-corrected chi connectivity index (χ2v) is 4.90. The van der Waals surface area contributed by atoms with Crippen LogP contribution in [0.4, 0.5) is 0 Å². The third kappa shape index (κ3) is 7.85. The zero-order valence-electron chi connectivity index (χ0n) is 13.5. The van der Waals surface area contributed by atoms with Gasteiger partial charge in [0.2, 0.25) is 0 Å². The van der Waals surface area contributed by atoms with Crippen LogP contribution in [0.25, 0.3) is 6.08 Å². The molecular formula is C18H22O5. The molecule has 0 saturated carbocycles. The molecule has 0 heterocycles. The third-order valence-corrected chi connectivity index (χ3v) is 2.88. The summed E-state index contributed by atoms with van der Waals surface area (Å²) in [6.07, 6.45) is 4.56.